The first-order valence-corrected chi connectivity index (χ1v) is 5.95. The van der Waals surface area contributed by atoms with Gasteiger partial charge in [-0.25, -0.2) is 0 Å². The SMILES string of the molecule is CCC(C)C(N)(CC)Cc1ccccc1. The molecule has 15 heavy (non-hydrogen) atoms. The maximum Gasteiger partial charge on any atom is 0.0218 e. The smallest absolute Gasteiger partial charge is 0.0218 e. The molecule has 1 heteroatoms. The molecule has 0 amide bonds. The van der Waals surface area contributed by atoms with Crippen molar-refractivity contribution in [1.29, 1.82) is 0 Å². The quantitative estimate of drug-likeness (QED) is 0.783. The van der Waals surface area contributed by atoms with Gasteiger partial charge in [-0.1, -0.05) is 57.5 Å². The summed E-state index contributed by atoms with van der Waals surface area (Å²) in [7, 11) is 0. The Balaban J connectivity index is 2.77. The van der Waals surface area contributed by atoms with E-state index in [1.165, 1.54) is 5.56 Å². The van der Waals surface area contributed by atoms with Crippen LogP contribution in [0.5, 0.6) is 0 Å². The lowest BCUT2D eigenvalue weighted by Crippen LogP contribution is -2.47. The van der Waals surface area contributed by atoms with Gasteiger partial charge in [0.2, 0.25) is 0 Å². The van der Waals surface area contributed by atoms with E-state index in [-0.39, 0.29) is 5.54 Å². The minimum absolute atomic E-state index is 0.0455. The summed E-state index contributed by atoms with van der Waals surface area (Å²) in [6.07, 6.45) is 3.17. The Morgan fingerprint density at radius 2 is 1.80 bits per heavy atom. The summed E-state index contributed by atoms with van der Waals surface area (Å²) < 4.78 is 0. The Bertz CT molecular complexity index is 281. The molecular weight excluding hydrogens is 182 g/mol. The van der Waals surface area contributed by atoms with Gasteiger partial charge in [-0.15, -0.1) is 0 Å². The summed E-state index contributed by atoms with van der Waals surface area (Å²) in [5, 5.41) is 0. The van der Waals surface area contributed by atoms with Gasteiger partial charge in [0.15, 0.2) is 0 Å². The highest BCUT2D eigenvalue weighted by atomic mass is 14.7. The molecule has 0 bridgehead atoms. The molecule has 2 atom stereocenters. The number of hydrogen-bond donors (Lipinski definition) is 1. The molecule has 1 rings (SSSR count). The average Bonchev–Trinajstić information content (AvgIpc) is 2.29. The fraction of sp³-hybridized carbons (Fsp3) is 0.571. The van der Waals surface area contributed by atoms with Crippen LogP contribution in [0.4, 0.5) is 0 Å². The third kappa shape index (κ3) is 3.07. The Morgan fingerprint density at radius 3 is 2.27 bits per heavy atom. The molecule has 1 nitrogen and oxygen atoms in total. The van der Waals surface area contributed by atoms with E-state index in [1.54, 1.807) is 0 Å². The summed E-state index contributed by atoms with van der Waals surface area (Å²) in [6, 6.07) is 10.6. The van der Waals surface area contributed by atoms with Crippen molar-refractivity contribution in [2.24, 2.45) is 11.7 Å². The molecule has 1 aromatic rings. The highest BCUT2D eigenvalue weighted by Crippen LogP contribution is 2.25. The predicted octanol–water partition coefficient (Wildman–Crippen LogP) is 3.38. The summed E-state index contributed by atoms with van der Waals surface area (Å²) in [5.41, 5.74) is 7.79. The zero-order chi connectivity index (χ0) is 11.3. The van der Waals surface area contributed by atoms with Gasteiger partial charge in [-0.3, -0.25) is 0 Å². The van der Waals surface area contributed by atoms with Gasteiger partial charge in [0.05, 0.1) is 0 Å². The molecule has 0 saturated carbocycles. The van der Waals surface area contributed by atoms with Crippen LogP contribution in [0.3, 0.4) is 0 Å². The molecule has 0 saturated heterocycles. The van der Waals surface area contributed by atoms with Gasteiger partial charge in [0.1, 0.15) is 0 Å². The third-order valence-electron chi connectivity index (χ3n) is 3.63. The molecule has 0 spiro atoms. The topological polar surface area (TPSA) is 26.0 Å². The summed E-state index contributed by atoms with van der Waals surface area (Å²) in [5.74, 6) is 0.572. The lowest BCUT2D eigenvalue weighted by Gasteiger charge is -2.34. The first-order chi connectivity index (χ1) is 7.12. The van der Waals surface area contributed by atoms with Crippen LogP contribution < -0.4 is 5.73 Å². The maximum absolute atomic E-state index is 6.48. The van der Waals surface area contributed by atoms with E-state index in [4.69, 9.17) is 5.73 Å². The number of hydrogen-bond acceptors (Lipinski definition) is 1. The summed E-state index contributed by atoms with van der Waals surface area (Å²) >= 11 is 0. The van der Waals surface area contributed by atoms with Crippen LogP contribution in [0, 0.1) is 5.92 Å². The highest BCUT2D eigenvalue weighted by molar-refractivity contribution is 5.18. The van der Waals surface area contributed by atoms with Crippen molar-refractivity contribution in [3.05, 3.63) is 35.9 Å². The fourth-order valence-electron chi connectivity index (χ4n) is 2.03. The first-order valence-electron chi connectivity index (χ1n) is 5.95. The summed E-state index contributed by atoms with van der Waals surface area (Å²) in [6.45, 7) is 6.66. The van der Waals surface area contributed by atoms with E-state index in [9.17, 15) is 0 Å². The minimum atomic E-state index is -0.0455. The van der Waals surface area contributed by atoms with Crippen LogP contribution in [-0.2, 0) is 6.42 Å². The van der Waals surface area contributed by atoms with Crippen molar-refractivity contribution in [3.8, 4) is 0 Å². The van der Waals surface area contributed by atoms with Gasteiger partial charge < -0.3 is 5.73 Å². The van der Waals surface area contributed by atoms with Crippen LogP contribution in [0.25, 0.3) is 0 Å². The Morgan fingerprint density at radius 1 is 1.20 bits per heavy atom. The molecule has 0 fully saturated rings. The van der Waals surface area contributed by atoms with Crippen LogP contribution in [-0.4, -0.2) is 5.54 Å². The molecule has 0 aliphatic heterocycles. The van der Waals surface area contributed by atoms with E-state index in [1.807, 2.05) is 0 Å². The zero-order valence-electron chi connectivity index (χ0n) is 10.2. The van der Waals surface area contributed by atoms with Crippen molar-refractivity contribution in [2.45, 2.75) is 45.6 Å². The maximum atomic E-state index is 6.48. The van der Waals surface area contributed by atoms with E-state index in [0.29, 0.717) is 5.92 Å². The Hall–Kier alpha value is -0.820. The molecule has 0 radical (unpaired) electrons. The highest BCUT2D eigenvalue weighted by Gasteiger charge is 2.28. The molecule has 2 unspecified atom stereocenters. The molecule has 2 N–H and O–H groups in total. The first kappa shape index (κ1) is 12.3. The number of benzene rings is 1. The second kappa shape index (κ2) is 5.32. The standard InChI is InChI=1S/C14H23N/c1-4-12(3)14(15,5-2)11-13-9-7-6-8-10-13/h6-10,12H,4-5,11,15H2,1-3H3. The monoisotopic (exact) mass is 205 g/mol. The van der Waals surface area contributed by atoms with Crippen molar-refractivity contribution in [2.75, 3.05) is 0 Å². The molecule has 0 aliphatic carbocycles. The van der Waals surface area contributed by atoms with Crippen LogP contribution in [0.15, 0.2) is 30.3 Å². The molecule has 0 heterocycles. The zero-order valence-corrected chi connectivity index (χ0v) is 10.2. The van der Waals surface area contributed by atoms with Gasteiger partial charge in [0.25, 0.3) is 0 Å². The number of nitrogens with two attached hydrogens (primary N) is 1. The second-order valence-electron chi connectivity index (χ2n) is 4.56. The Kier molecular flexibility index (Phi) is 4.34. The van der Waals surface area contributed by atoms with Gasteiger partial charge in [-0.05, 0) is 24.3 Å². The van der Waals surface area contributed by atoms with Crippen molar-refractivity contribution in [3.63, 3.8) is 0 Å². The Labute approximate surface area is 93.7 Å². The lowest BCUT2D eigenvalue weighted by molar-refractivity contribution is 0.270. The van der Waals surface area contributed by atoms with E-state index >= 15 is 0 Å². The van der Waals surface area contributed by atoms with Crippen molar-refractivity contribution in [1.82, 2.24) is 0 Å². The predicted molar refractivity (Wildman–Crippen MR) is 66.8 cm³/mol. The average molecular weight is 205 g/mol. The van der Waals surface area contributed by atoms with E-state index in [0.717, 1.165) is 19.3 Å². The lowest BCUT2D eigenvalue weighted by atomic mass is 9.77. The molecule has 0 aliphatic rings. The minimum Gasteiger partial charge on any atom is -0.325 e. The normalized spacial score (nSPS) is 17.1. The van der Waals surface area contributed by atoms with Crippen LogP contribution in [0.2, 0.25) is 0 Å². The van der Waals surface area contributed by atoms with Gasteiger partial charge >= 0.3 is 0 Å². The molecule has 0 aromatic heterocycles. The largest absolute Gasteiger partial charge is 0.325 e. The second-order valence-corrected chi connectivity index (χ2v) is 4.56. The third-order valence-corrected chi connectivity index (χ3v) is 3.63. The molecule has 84 valence electrons. The van der Waals surface area contributed by atoms with E-state index in [2.05, 4.69) is 51.1 Å². The van der Waals surface area contributed by atoms with Crippen molar-refractivity contribution < 1.29 is 0 Å². The molecule has 1 aromatic carbocycles. The van der Waals surface area contributed by atoms with Crippen LogP contribution >= 0.6 is 0 Å². The van der Waals surface area contributed by atoms with Gasteiger partial charge in [0, 0.05) is 5.54 Å². The van der Waals surface area contributed by atoms with Crippen LogP contribution in [0.1, 0.15) is 39.2 Å². The fourth-order valence-corrected chi connectivity index (χ4v) is 2.03. The summed E-state index contributed by atoms with van der Waals surface area (Å²) in [4.78, 5) is 0. The van der Waals surface area contributed by atoms with E-state index < -0.39 is 0 Å². The number of rotatable bonds is 5. The molecular formula is C14H23N. The van der Waals surface area contributed by atoms with Gasteiger partial charge in [-0.2, -0.15) is 0 Å². The van der Waals surface area contributed by atoms with Crippen molar-refractivity contribution >= 4 is 0 Å².